The van der Waals surface area contributed by atoms with Crippen LogP contribution in [0.1, 0.15) is 31.2 Å². The lowest BCUT2D eigenvalue weighted by Crippen LogP contribution is -2.21. The summed E-state index contributed by atoms with van der Waals surface area (Å²) in [6.07, 6.45) is 1.49. The van der Waals surface area contributed by atoms with Gasteiger partial charge >= 0.3 is 0 Å². The van der Waals surface area contributed by atoms with Crippen LogP contribution in [0.2, 0.25) is 0 Å². The van der Waals surface area contributed by atoms with Gasteiger partial charge in [0.05, 0.1) is 0 Å². The van der Waals surface area contributed by atoms with Crippen molar-refractivity contribution in [3.8, 4) is 11.5 Å². The predicted molar refractivity (Wildman–Crippen MR) is 76.5 cm³/mol. The lowest BCUT2D eigenvalue weighted by atomic mass is 10.2. The van der Waals surface area contributed by atoms with Crippen molar-refractivity contribution >= 4 is 0 Å². The maximum atomic E-state index is 5.84. The van der Waals surface area contributed by atoms with Crippen LogP contribution in [-0.2, 0) is 6.42 Å². The number of nitrogens with zero attached hydrogens (tertiary/aromatic N) is 2. The fraction of sp³-hybridized carbons (Fsp3) is 0.467. The molecule has 1 N–H and O–H groups in total. The summed E-state index contributed by atoms with van der Waals surface area (Å²) in [4.78, 5) is 0. The maximum Gasteiger partial charge on any atom is 0.260 e. The molecular weight excluding hydrogens is 270 g/mol. The van der Waals surface area contributed by atoms with Crippen molar-refractivity contribution in [2.45, 2.75) is 25.9 Å². The Bertz CT molecular complexity index is 585. The smallest absolute Gasteiger partial charge is 0.260 e. The van der Waals surface area contributed by atoms with Crippen molar-refractivity contribution in [2.24, 2.45) is 0 Å². The van der Waals surface area contributed by atoms with Crippen LogP contribution in [0.15, 0.2) is 28.7 Å². The molecule has 1 atom stereocenters. The molecule has 1 aliphatic heterocycles. The zero-order chi connectivity index (χ0) is 14.5. The van der Waals surface area contributed by atoms with E-state index >= 15 is 0 Å². The molecule has 3 rings (SSSR count). The van der Waals surface area contributed by atoms with Crippen LogP contribution >= 0.6 is 0 Å². The number of nitrogens with one attached hydrogen (secondary N) is 1. The average Bonchev–Trinajstić information content (AvgIpc) is 3.00. The van der Waals surface area contributed by atoms with Gasteiger partial charge in [-0.15, -0.1) is 10.2 Å². The van der Waals surface area contributed by atoms with E-state index in [4.69, 9.17) is 13.9 Å². The Labute approximate surface area is 123 Å². The van der Waals surface area contributed by atoms with Crippen molar-refractivity contribution in [2.75, 3.05) is 19.7 Å². The Morgan fingerprint density at radius 3 is 2.90 bits per heavy atom. The second-order valence-electron chi connectivity index (χ2n) is 4.90. The molecule has 6 heteroatoms. The Morgan fingerprint density at radius 1 is 1.19 bits per heavy atom. The monoisotopic (exact) mass is 289 g/mol. The molecule has 0 aliphatic carbocycles. The molecular formula is C15H19N3O3. The van der Waals surface area contributed by atoms with Crippen LogP contribution in [0.4, 0.5) is 0 Å². The molecule has 0 fully saturated rings. The predicted octanol–water partition coefficient (Wildman–Crippen LogP) is 2.12. The maximum absolute atomic E-state index is 5.84. The number of ether oxygens (including phenoxy) is 2. The number of aromatic nitrogens is 2. The van der Waals surface area contributed by atoms with E-state index in [0.29, 0.717) is 24.1 Å². The average molecular weight is 289 g/mol. The molecule has 1 aliphatic rings. The summed E-state index contributed by atoms with van der Waals surface area (Å²) < 4.78 is 17.1. The first-order valence-electron chi connectivity index (χ1n) is 7.28. The SMILES string of the molecule is CCCNCCc1nnc(C2COc3ccccc3O2)o1. The molecule has 0 radical (unpaired) electrons. The van der Waals surface area contributed by atoms with E-state index < -0.39 is 0 Å². The first-order valence-corrected chi connectivity index (χ1v) is 7.28. The lowest BCUT2D eigenvalue weighted by molar-refractivity contribution is 0.0704. The topological polar surface area (TPSA) is 69.4 Å². The molecule has 0 bridgehead atoms. The summed E-state index contributed by atoms with van der Waals surface area (Å²) in [5, 5.41) is 11.4. The van der Waals surface area contributed by atoms with Gasteiger partial charge in [-0.2, -0.15) is 0 Å². The lowest BCUT2D eigenvalue weighted by Gasteiger charge is -2.23. The molecule has 2 heterocycles. The summed E-state index contributed by atoms with van der Waals surface area (Å²) in [6, 6.07) is 7.57. The summed E-state index contributed by atoms with van der Waals surface area (Å²) in [5.41, 5.74) is 0. The minimum Gasteiger partial charge on any atom is -0.485 e. The normalized spacial score (nSPS) is 16.9. The van der Waals surface area contributed by atoms with Crippen molar-refractivity contribution in [3.63, 3.8) is 0 Å². The summed E-state index contributed by atoms with van der Waals surface area (Å²) >= 11 is 0. The van der Waals surface area contributed by atoms with E-state index in [-0.39, 0.29) is 6.10 Å². The van der Waals surface area contributed by atoms with Crippen molar-refractivity contribution < 1.29 is 13.9 Å². The van der Waals surface area contributed by atoms with Gasteiger partial charge in [-0.3, -0.25) is 0 Å². The summed E-state index contributed by atoms with van der Waals surface area (Å²) in [5.74, 6) is 2.54. The molecule has 112 valence electrons. The molecule has 1 aromatic heterocycles. The zero-order valence-electron chi connectivity index (χ0n) is 12.0. The second kappa shape index (κ2) is 6.58. The van der Waals surface area contributed by atoms with Crippen LogP contribution in [0.25, 0.3) is 0 Å². The highest BCUT2D eigenvalue weighted by molar-refractivity contribution is 5.40. The Morgan fingerprint density at radius 2 is 2.05 bits per heavy atom. The third kappa shape index (κ3) is 3.33. The molecule has 2 aromatic rings. The fourth-order valence-corrected chi connectivity index (χ4v) is 2.14. The van der Waals surface area contributed by atoms with E-state index in [1.807, 2.05) is 24.3 Å². The molecule has 1 aromatic carbocycles. The van der Waals surface area contributed by atoms with Gasteiger partial charge in [-0.05, 0) is 25.1 Å². The number of benzene rings is 1. The number of hydrogen-bond acceptors (Lipinski definition) is 6. The minimum absolute atomic E-state index is 0.343. The van der Waals surface area contributed by atoms with Crippen LogP contribution in [0.5, 0.6) is 11.5 Å². The fourth-order valence-electron chi connectivity index (χ4n) is 2.14. The van der Waals surface area contributed by atoms with Gasteiger partial charge in [-0.25, -0.2) is 0 Å². The highest BCUT2D eigenvalue weighted by Gasteiger charge is 2.27. The molecule has 0 spiro atoms. The van der Waals surface area contributed by atoms with Gasteiger partial charge < -0.3 is 19.2 Å². The highest BCUT2D eigenvalue weighted by Crippen LogP contribution is 2.35. The number of fused-ring (bicyclic) bond motifs is 1. The Balaban J connectivity index is 1.59. The van der Waals surface area contributed by atoms with Crippen LogP contribution in [0, 0.1) is 0 Å². The quantitative estimate of drug-likeness (QED) is 0.822. The third-order valence-corrected chi connectivity index (χ3v) is 3.21. The van der Waals surface area contributed by atoms with Gasteiger partial charge in [-0.1, -0.05) is 19.1 Å². The number of para-hydroxylation sites is 2. The van der Waals surface area contributed by atoms with E-state index in [1.54, 1.807) is 0 Å². The molecule has 6 nitrogen and oxygen atoms in total. The first-order chi connectivity index (χ1) is 10.4. The van der Waals surface area contributed by atoms with Gasteiger partial charge in [0.15, 0.2) is 11.5 Å². The molecule has 1 unspecified atom stereocenters. The standard InChI is InChI=1S/C15H19N3O3/c1-2-8-16-9-7-14-17-18-15(21-14)13-10-19-11-5-3-4-6-12(11)20-13/h3-6,13,16H,2,7-10H2,1H3. The van der Waals surface area contributed by atoms with Crippen molar-refractivity contribution in [1.29, 1.82) is 0 Å². The van der Waals surface area contributed by atoms with Gasteiger partial charge in [0.2, 0.25) is 12.0 Å². The Kier molecular flexibility index (Phi) is 4.35. The van der Waals surface area contributed by atoms with Crippen molar-refractivity contribution in [1.82, 2.24) is 15.5 Å². The van der Waals surface area contributed by atoms with Gasteiger partial charge in [0, 0.05) is 13.0 Å². The number of rotatable bonds is 6. The molecule has 0 saturated heterocycles. The second-order valence-corrected chi connectivity index (χ2v) is 4.90. The Hall–Kier alpha value is -2.08. The summed E-state index contributed by atoms with van der Waals surface area (Å²) in [7, 11) is 0. The number of hydrogen-bond donors (Lipinski definition) is 1. The third-order valence-electron chi connectivity index (χ3n) is 3.21. The zero-order valence-corrected chi connectivity index (χ0v) is 12.0. The van der Waals surface area contributed by atoms with E-state index in [9.17, 15) is 0 Å². The molecule has 21 heavy (non-hydrogen) atoms. The van der Waals surface area contributed by atoms with Gasteiger partial charge in [0.1, 0.15) is 6.61 Å². The highest BCUT2D eigenvalue weighted by atomic mass is 16.6. The molecule has 0 amide bonds. The van der Waals surface area contributed by atoms with E-state index in [1.165, 1.54) is 0 Å². The summed E-state index contributed by atoms with van der Waals surface area (Å²) in [6.45, 7) is 4.35. The van der Waals surface area contributed by atoms with Crippen LogP contribution in [-0.4, -0.2) is 29.9 Å². The first kappa shape index (κ1) is 13.9. The minimum atomic E-state index is -0.343. The van der Waals surface area contributed by atoms with Gasteiger partial charge in [0.25, 0.3) is 5.89 Å². The van der Waals surface area contributed by atoms with Crippen LogP contribution in [0.3, 0.4) is 0 Å². The van der Waals surface area contributed by atoms with Crippen molar-refractivity contribution in [3.05, 3.63) is 36.0 Å². The van der Waals surface area contributed by atoms with Crippen LogP contribution < -0.4 is 14.8 Å². The van der Waals surface area contributed by atoms with E-state index in [0.717, 1.165) is 31.7 Å². The molecule has 0 saturated carbocycles. The van der Waals surface area contributed by atoms with E-state index in [2.05, 4.69) is 22.4 Å². The largest absolute Gasteiger partial charge is 0.485 e.